The van der Waals surface area contributed by atoms with Crippen LogP contribution >= 0.6 is 0 Å². The van der Waals surface area contributed by atoms with Crippen LogP contribution < -0.4 is 14.8 Å². The summed E-state index contributed by atoms with van der Waals surface area (Å²) in [6.45, 7) is 2.86. The Kier molecular flexibility index (Phi) is 6.18. The Labute approximate surface area is 212 Å². The first kappa shape index (κ1) is 23.8. The third kappa shape index (κ3) is 3.98. The van der Waals surface area contributed by atoms with Crippen LogP contribution in [-0.2, 0) is 28.0 Å². The largest absolute Gasteiger partial charge is 0.485 e. The summed E-state index contributed by atoms with van der Waals surface area (Å²) in [6.07, 6.45) is 4.79. The van der Waals surface area contributed by atoms with Crippen LogP contribution in [0.15, 0.2) is 42.5 Å². The lowest BCUT2D eigenvalue weighted by atomic mass is 9.52. The second-order valence-corrected chi connectivity index (χ2v) is 10.9. The first-order valence-electron chi connectivity index (χ1n) is 13.2. The third-order valence-electron chi connectivity index (χ3n) is 8.78. The summed E-state index contributed by atoms with van der Waals surface area (Å²) in [7, 11) is 1.59. The molecule has 0 aromatic heterocycles. The average Bonchev–Trinajstić information content (AvgIpc) is 3.71. The number of aliphatic hydroxyl groups is 1. The number of nitrogens with zero attached hydrogens (tertiary/aromatic N) is 1. The molecule has 2 saturated heterocycles. The zero-order chi connectivity index (χ0) is 24.8. The van der Waals surface area contributed by atoms with Crippen molar-refractivity contribution in [2.45, 2.75) is 62.2 Å². The van der Waals surface area contributed by atoms with E-state index in [0.717, 1.165) is 42.1 Å². The smallest absolute Gasteiger partial charge is 0.221 e. The summed E-state index contributed by atoms with van der Waals surface area (Å²) in [4.78, 5) is 15.6. The molecule has 2 aliphatic carbocycles. The van der Waals surface area contributed by atoms with Gasteiger partial charge >= 0.3 is 0 Å². The molecule has 2 aromatic carbocycles. The van der Waals surface area contributed by atoms with Gasteiger partial charge in [-0.15, -0.1) is 0 Å². The molecule has 7 heteroatoms. The van der Waals surface area contributed by atoms with Gasteiger partial charge in [0.25, 0.3) is 0 Å². The summed E-state index contributed by atoms with van der Waals surface area (Å²) >= 11 is 0. The number of nitrogens with one attached hydrogen (secondary N) is 1. The van der Waals surface area contributed by atoms with Gasteiger partial charge in [0.05, 0.1) is 5.60 Å². The zero-order valence-corrected chi connectivity index (χ0v) is 21.0. The van der Waals surface area contributed by atoms with Crippen LogP contribution in [0.25, 0.3) is 0 Å². The van der Waals surface area contributed by atoms with E-state index >= 15 is 0 Å². The van der Waals surface area contributed by atoms with E-state index in [2.05, 4.69) is 16.3 Å². The Balaban J connectivity index is 1.48. The number of rotatable bonds is 8. The van der Waals surface area contributed by atoms with Crippen molar-refractivity contribution in [3.05, 3.63) is 59.2 Å². The van der Waals surface area contributed by atoms with Crippen molar-refractivity contribution < 1.29 is 24.1 Å². The van der Waals surface area contributed by atoms with Crippen molar-refractivity contribution in [2.75, 3.05) is 33.5 Å². The van der Waals surface area contributed by atoms with E-state index in [1.807, 2.05) is 36.4 Å². The van der Waals surface area contributed by atoms with Gasteiger partial charge in [-0.3, -0.25) is 9.69 Å². The van der Waals surface area contributed by atoms with Crippen molar-refractivity contribution >= 4 is 5.91 Å². The van der Waals surface area contributed by atoms with E-state index in [4.69, 9.17) is 14.2 Å². The van der Waals surface area contributed by atoms with Gasteiger partial charge in [-0.1, -0.05) is 36.4 Å². The fourth-order valence-corrected chi connectivity index (χ4v) is 6.90. The number of carbonyl (C=O) groups is 1. The maximum atomic E-state index is 13.1. The highest BCUT2D eigenvalue weighted by atomic mass is 16.7. The number of benzene rings is 2. The third-order valence-corrected chi connectivity index (χ3v) is 8.78. The molecule has 0 spiro atoms. The Morgan fingerprint density at radius 2 is 1.94 bits per heavy atom. The standard InChI is InChI=1S/C29H36N2O5/c1-34-19-36-23-10-9-22-15-24-29(33)11-13-30-25(32)16-28(29,12-14-31(24)17-20-7-8-20)26(22)27(23)35-18-21-5-3-2-4-6-21/h2-6,9-10,20,24,33H,7-8,11-19H2,1H3,(H,30,32)/t24-,28-,29-/m1/s1. The van der Waals surface area contributed by atoms with Crippen LogP contribution in [0, 0.1) is 5.92 Å². The number of likely N-dealkylation sites (tertiary alicyclic amines) is 1. The van der Waals surface area contributed by atoms with Gasteiger partial charge < -0.3 is 24.6 Å². The first-order valence-corrected chi connectivity index (χ1v) is 13.2. The van der Waals surface area contributed by atoms with Gasteiger partial charge in [-0.2, -0.15) is 0 Å². The van der Waals surface area contributed by atoms with Crippen LogP contribution in [-0.4, -0.2) is 61.1 Å². The molecule has 2 N–H and O–H groups in total. The highest BCUT2D eigenvalue weighted by Crippen LogP contribution is 2.59. The second-order valence-electron chi connectivity index (χ2n) is 10.9. The number of hydrogen-bond acceptors (Lipinski definition) is 6. The molecular weight excluding hydrogens is 456 g/mol. The van der Waals surface area contributed by atoms with Crippen molar-refractivity contribution in [1.29, 1.82) is 0 Å². The molecule has 3 atom stereocenters. The van der Waals surface area contributed by atoms with Gasteiger partial charge in [-0.05, 0) is 61.8 Å². The molecule has 36 heavy (non-hydrogen) atoms. The monoisotopic (exact) mass is 492 g/mol. The van der Waals surface area contributed by atoms with Crippen LogP contribution in [0.2, 0.25) is 0 Å². The normalized spacial score (nSPS) is 29.5. The SMILES string of the molecule is COCOc1ccc2c(c1OCc1ccccc1)[C@]13CCN(CC4CC4)[C@H](C2)[C@]1(O)CCNC(=O)C3. The predicted octanol–water partition coefficient (Wildman–Crippen LogP) is 3.17. The highest BCUT2D eigenvalue weighted by Gasteiger charge is 2.65. The van der Waals surface area contributed by atoms with E-state index in [1.165, 1.54) is 12.8 Å². The minimum Gasteiger partial charge on any atom is -0.485 e. The molecule has 1 saturated carbocycles. The van der Waals surface area contributed by atoms with Gasteiger partial charge in [-0.25, -0.2) is 0 Å². The molecule has 192 valence electrons. The maximum Gasteiger partial charge on any atom is 0.221 e. The molecule has 6 rings (SSSR count). The Bertz CT molecular complexity index is 1120. The summed E-state index contributed by atoms with van der Waals surface area (Å²) < 4.78 is 17.7. The van der Waals surface area contributed by atoms with Crippen LogP contribution in [0.5, 0.6) is 11.5 Å². The molecule has 0 radical (unpaired) electrons. The van der Waals surface area contributed by atoms with E-state index in [1.54, 1.807) is 7.11 Å². The summed E-state index contributed by atoms with van der Waals surface area (Å²) in [5.41, 5.74) is 1.38. The zero-order valence-electron chi connectivity index (χ0n) is 21.0. The van der Waals surface area contributed by atoms with Crippen LogP contribution in [0.4, 0.5) is 0 Å². The number of piperidine rings is 1. The molecule has 2 aromatic rings. The van der Waals surface area contributed by atoms with E-state index < -0.39 is 11.0 Å². The summed E-state index contributed by atoms with van der Waals surface area (Å²) in [6, 6.07) is 14.1. The number of amides is 1. The van der Waals surface area contributed by atoms with Crippen LogP contribution in [0.3, 0.4) is 0 Å². The highest BCUT2D eigenvalue weighted by molar-refractivity contribution is 5.80. The second kappa shape index (κ2) is 9.36. The lowest BCUT2D eigenvalue weighted by Crippen LogP contribution is -2.71. The molecule has 0 unspecified atom stereocenters. The molecule has 2 heterocycles. The van der Waals surface area contributed by atoms with Gasteiger partial charge in [0.1, 0.15) is 6.61 Å². The fraction of sp³-hybridized carbons (Fsp3) is 0.552. The molecule has 1 amide bonds. The minimum absolute atomic E-state index is 0.00890. The Hall–Kier alpha value is -2.61. The van der Waals surface area contributed by atoms with E-state index in [0.29, 0.717) is 37.5 Å². The lowest BCUT2D eigenvalue weighted by Gasteiger charge is -2.61. The van der Waals surface area contributed by atoms with Crippen molar-refractivity contribution in [2.24, 2.45) is 5.92 Å². The summed E-state index contributed by atoms with van der Waals surface area (Å²) in [5, 5.41) is 15.7. The number of hydrogen-bond donors (Lipinski definition) is 2. The first-order chi connectivity index (χ1) is 17.5. The quantitative estimate of drug-likeness (QED) is 0.551. The topological polar surface area (TPSA) is 80.3 Å². The molecule has 3 fully saturated rings. The molecule has 2 aliphatic heterocycles. The fourth-order valence-electron chi connectivity index (χ4n) is 6.90. The number of fused-ring (bicyclic) bond motifs is 1. The van der Waals surface area contributed by atoms with Crippen molar-refractivity contribution in [3.8, 4) is 11.5 Å². The average molecular weight is 493 g/mol. The van der Waals surface area contributed by atoms with E-state index in [9.17, 15) is 9.90 Å². The van der Waals surface area contributed by atoms with Crippen LogP contribution in [0.1, 0.15) is 48.8 Å². The number of methoxy groups -OCH3 is 1. The summed E-state index contributed by atoms with van der Waals surface area (Å²) in [5.74, 6) is 1.95. The maximum absolute atomic E-state index is 13.1. The Morgan fingerprint density at radius 1 is 1.11 bits per heavy atom. The van der Waals surface area contributed by atoms with E-state index in [-0.39, 0.29) is 25.2 Å². The number of ether oxygens (including phenoxy) is 3. The molecule has 7 nitrogen and oxygen atoms in total. The molecule has 4 aliphatic rings. The van der Waals surface area contributed by atoms with Crippen molar-refractivity contribution in [1.82, 2.24) is 10.2 Å². The minimum atomic E-state index is -1.03. The van der Waals surface area contributed by atoms with Crippen molar-refractivity contribution in [3.63, 3.8) is 0 Å². The Morgan fingerprint density at radius 3 is 2.72 bits per heavy atom. The number of carbonyl (C=O) groups excluding carboxylic acids is 1. The molecule has 2 bridgehead atoms. The van der Waals surface area contributed by atoms with Gasteiger partial charge in [0.2, 0.25) is 5.91 Å². The van der Waals surface area contributed by atoms with Gasteiger partial charge in [0, 0.05) is 43.6 Å². The predicted molar refractivity (Wildman–Crippen MR) is 135 cm³/mol. The lowest BCUT2D eigenvalue weighted by molar-refractivity contribution is -0.154. The molecular formula is C29H36N2O5. The van der Waals surface area contributed by atoms with Gasteiger partial charge in [0.15, 0.2) is 18.3 Å².